The molecule has 2 N–H and O–H groups in total. The van der Waals surface area contributed by atoms with Gasteiger partial charge in [0.05, 0.1) is 22.3 Å². The van der Waals surface area contributed by atoms with Gasteiger partial charge in [-0.25, -0.2) is 22.9 Å². The number of pyridine rings is 1. The fourth-order valence-electron chi connectivity index (χ4n) is 1.68. The number of esters is 1. The van der Waals surface area contributed by atoms with Gasteiger partial charge >= 0.3 is 5.97 Å². The maximum atomic E-state index is 14.2. The zero-order chi connectivity index (χ0) is 16.6. The highest BCUT2D eigenvalue weighted by Gasteiger charge is 2.25. The number of carbonyl (C=O) groups excluding carboxylic acids is 1. The van der Waals surface area contributed by atoms with Gasteiger partial charge in [-0.1, -0.05) is 11.6 Å². The van der Waals surface area contributed by atoms with Crippen molar-refractivity contribution in [1.82, 2.24) is 4.98 Å². The lowest BCUT2D eigenvalue weighted by Crippen LogP contribution is -2.11. The zero-order valence-electron chi connectivity index (χ0n) is 10.9. The largest absolute Gasteiger partial charge is 0.464 e. The van der Waals surface area contributed by atoms with Crippen LogP contribution in [0.2, 0.25) is 5.02 Å². The lowest BCUT2D eigenvalue weighted by Gasteiger charge is -2.11. The predicted octanol–water partition coefficient (Wildman–Crippen LogP) is 3.95. The van der Waals surface area contributed by atoms with Crippen LogP contribution in [-0.2, 0) is 4.74 Å². The van der Waals surface area contributed by atoms with Gasteiger partial charge in [-0.2, -0.15) is 0 Å². The number of benzene rings is 1. The molecule has 0 unspecified atom stereocenters. The molecule has 9 heteroatoms. The van der Waals surface area contributed by atoms with Crippen LogP contribution in [0.5, 0.6) is 0 Å². The summed E-state index contributed by atoms with van der Waals surface area (Å²) >= 11 is 8.52. The van der Waals surface area contributed by atoms with Crippen molar-refractivity contribution >= 4 is 39.2 Å². The van der Waals surface area contributed by atoms with Crippen molar-refractivity contribution in [1.29, 1.82) is 0 Å². The van der Waals surface area contributed by atoms with E-state index in [9.17, 15) is 18.0 Å². The minimum Gasteiger partial charge on any atom is -0.464 e. The number of nitrogens with two attached hydrogens (primary N) is 1. The average molecular weight is 396 g/mol. The second-order valence-electron chi connectivity index (χ2n) is 4.07. The topological polar surface area (TPSA) is 65.2 Å². The molecule has 116 valence electrons. The summed E-state index contributed by atoms with van der Waals surface area (Å²) in [7, 11) is 1.06. The maximum Gasteiger partial charge on any atom is 0.358 e. The number of ether oxygens (including phenoxy) is 1. The fraction of sp³-hybridized carbons (Fsp3) is 0.0769. The lowest BCUT2D eigenvalue weighted by molar-refractivity contribution is 0.0594. The van der Waals surface area contributed by atoms with Crippen LogP contribution in [0.4, 0.5) is 18.9 Å². The van der Waals surface area contributed by atoms with Crippen molar-refractivity contribution in [2.75, 3.05) is 12.8 Å². The molecule has 0 saturated heterocycles. The number of carbonyl (C=O) groups is 1. The monoisotopic (exact) mass is 394 g/mol. The predicted molar refractivity (Wildman–Crippen MR) is 78.0 cm³/mol. The number of nitrogens with zero attached hydrogens (tertiary/aromatic N) is 1. The molecule has 2 aromatic rings. The highest BCUT2D eigenvalue weighted by atomic mass is 79.9. The second-order valence-corrected chi connectivity index (χ2v) is 5.30. The Kier molecular flexibility index (Phi) is 4.62. The van der Waals surface area contributed by atoms with Crippen LogP contribution in [0.15, 0.2) is 16.6 Å². The van der Waals surface area contributed by atoms with Crippen LogP contribution in [0.1, 0.15) is 10.5 Å². The Morgan fingerprint density at radius 3 is 2.50 bits per heavy atom. The number of anilines is 1. The first-order valence-corrected chi connectivity index (χ1v) is 6.83. The Labute approximate surface area is 136 Å². The third-order valence-electron chi connectivity index (χ3n) is 2.78. The van der Waals surface area contributed by atoms with Crippen LogP contribution >= 0.6 is 27.5 Å². The molecule has 2 rings (SSSR count). The summed E-state index contributed by atoms with van der Waals surface area (Å²) in [6.45, 7) is 0. The first-order valence-electron chi connectivity index (χ1n) is 5.66. The minimum atomic E-state index is -1.35. The van der Waals surface area contributed by atoms with Gasteiger partial charge in [-0.05, 0) is 28.1 Å². The number of nitrogen functional groups attached to an aromatic ring is 1. The molecule has 4 nitrogen and oxygen atoms in total. The van der Waals surface area contributed by atoms with Crippen molar-refractivity contribution < 1.29 is 22.7 Å². The van der Waals surface area contributed by atoms with E-state index in [0.717, 1.165) is 19.2 Å². The normalized spacial score (nSPS) is 10.6. The Morgan fingerprint density at radius 2 is 1.91 bits per heavy atom. The van der Waals surface area contributed by atoms with Gasteiger partial charge in [0.25, 0.3) is 0 Å². The third-order valence-corrected chi connectivity index (χ3v) is 3.78. The first-order chi connectivity index (χ1) is 10.3. The molecule has 0 amide bonds. The van der Waals surface area contributed by atoms with Gasteiger partial charge < -0.3 is 10.5 Å². The van der Waals surface area contributed by atoms with Gasteiger partial charge in [-0.3, -0.25) is 0 Å². The quantitative estimate of drug-likeness (QED) is 0.618. The summed E-state index contributed by atoms with van der Waals surface area (Å²) in [6.07, 6.45) is 0. The van der Waals surface area contributed by atoms with E-state index < -0.39 is 51.1 Å². The standard InChI is InChI=1S/C13H7BrClF3N2O2/c1-22-13(21)12-6(15)10(19)9(18)11(20-12)4-2-3-5(14)8(17)7(4)16/h2-3H,1H3,(H2,19,20). The second kappa shape index (κ2) is 6.13. The summed E-state index contributed by atoms with van der Waals surface area (Å²) in [4.78, 5) is 15.2. The van der Waals surface area contributed by atoms with E-state index in [1.54, 1.807) is 0 Å². The molecular formula is C13H7BrClF3N2O2. The van der Waals surface area contributed by atoms with E-state index in [1.807, 2.05) is 0 Å². The van der Waals surface area contributed by atoms with E-state index in [1.165, 1.54) is 0 Å². The summed E-state index contributed by atoms with van der Waals surface area (Å²) in [5.74, 6) is -4.74. The summed E-state index contributed by atoms with van der Waals surface area (Å²) in [6, 6.07) is 2.25. The van der Waals surface area contributed by atoms with Gasteiger partial charge in [-0.15, -0.1) is 0 Å². The molecule has 0 saturated carbocycles. The van der Waals surface area contributed by atoms with Crippen LogP contribution < -0.4 is 5.73 Å². The molecule has 22 heavy (non-hydrogen) atoms. The number of hydrogen-bond acceptors (Lipinski definition) is 4. The van der Waals surface area contributed by atoms with Crippen molar-refractivity contribution in [3.63, 3.8) is 0 Å². The molecule has 0 aliphatic rings. The van der Waals surface area contributed by atoms with Gasteiger partial charge in [0.15, 0.2) is 23.1 Å². The number of methoxy groups -OCH3 is 1. The summed E-state index contributed by atoms with van der Waals surface area (Å²) < 4.78 is 46.0. The van der Waals surface area contributed by atoms with E-state index in [4.69, 9.17) is 17.3 Å². The molecule has 0 bridgehead atoms. The Morgan fingerprint density at radius 1 is 1.27 bits per heavy atom. The fourth-order valence-corrected chi connectivity index (χ4v) is 2.19. The average Bonchev–Trinajstić information content (AvgIpc) is 2.51. The van der Waals surface area contributed by atoms with E-state index in [2.05, 4.69) is 25.7 Å². The molecule has 1 aromatic carbocycles. The molecule has 0 aliphatic heterocycles. The number of halogens is 5. The van der Waals surface area contributed by atoms with Crippen LogP contribution in [-0.4, -0.2) is 18.1 Å². The zero-order valence-corrected chi connectivity index (χ0v) is 13.2. The van der Waals surface area contributed by atoms with Crippen LogP contribution in [0, 0.1) is 17.5 Å². The third kappa shape index (κ3) is 2.64. The van der Waals surface area contributed by atoms with Crippen molar-refractivity contribution in [3.05, 3.63) is 44.8 Å². The van der Waals surface area contributed by atoms with Crippen molar-refractivity contribution in [2.45, 2.75) is 0 Å². The van der Waals surface area contributed by atoms with Gasteiger partial charge in [0, 0.05) is 5.56 Å². The summed E-state index contributed by atoms with van der Waals surface area (Å²) in [5.41, 5.74) is 3.18. The SMILES string of the molecule is COC(=O)c1nc(-c2ccc(Br)c(F)c2F)c(F)c(N)c1Cl. The Bertz CT molecular complexity index is 787. The molecule has 0 aliphatic carbocycles. The summed E-state index contributed by atoms with van der Waals surface area (Å²) in [5, 5.41) is -0.467. The van der Waals surface area contributed by atoms with Crippen LogP contribution in [0.25, 0.3) is 11.3 Å². The molecule has 1 heterocycles. The highest BCUT2D eigenvalue weighted by molar-refractivity contribution is 9.10. The molecule has 1 aromatic heterocycles. The lowest BCUT2D eigenvalue weighted by atomic mass is 10.1. The van der Waals surface area contributed by atoms with Gasteiger partial charge in [0.1, 0.15) is 5.69 Å². The Hall–Kier alpha value is -1.80. The smallest absolute Gasteiger partial charge is 0.358 e. The number of aromatic nitrogens is 1. The van der Waals surface area contributed by atoms with Gasteiger partial charge in [0.2, 0.25) is 0 Å². The van der Waals surface area contributed by atoms with E-state index in [0.29, 0.717) is 0 Å². The molecule has 0 atom stereocenters. The van der Waals surface area contributed by atoms with E-state index in [-0.39, 0.29) is 4.47 Å². The van der Waals surface area contributed by atoms with Crippen molar-refractivity contribution in [3.8, 4) is 11.3 Å². The molecule has 0 fully saturated rings. The minimum absolute atomic E-state index is 0.149. The number of hydrogen-bond donors (Lipinski definition) is 1. The molecular weight excluding hydrogens is 389 g/mol. The van der Waals surface area contributed by atoms with E-state index >= 15 is 0 Å². The Balaban J connectivity index is 2.79. The van der Waals surface area contributed by atoms with Crippen LogP contribution in [0.3, 0.4) is 0 Å². The molecule has 0 spiro atoms. The van der Waals surface area contributed by atoms with Crippen molar-refractivity contribution in [2.24, 2.45) is 0 Å². The number of rotatable bonds is 2. The maximum absolute atomic E-state index is 14.2. The molecule has 0 radical (unpaired) electrons. The first kappa shape index (κ1) is 16.6. The highest BCUT2D eigenvalue weighted by Crippen LogP contribution is 2.35.